The summed E-state index contributed by atoms with van der Waals surface area (Å²) in [4.78, 5) is 15.7. The van der Waals surface area contributed by atoms with Gasteiger partial charge in [0.05, 0.1) is 25.0 Å². The molecule has 4 nitrogen and oxygen atoms in total. The Balaban J connectivity index is 2.23. The van der Waals surface area contributed by atoms with E-state index in [4.69, 9.17) is 9.47 Å². The summed E-state index contributed by atoms with van der Waals surface area (Å²) in [7, 11) is 1.66. The van der Waals surface area contributed by atoms with Crippen molar-refractivity contribution in [2.75, 3.05) is 13.7 Å². The zero-order chi connectivity index (χ0) is 17.8. The molecule has 0 saturated carbocycles. The first-order valence-corrected chi connectivity index (χ1v) is 8.25. The molecule has 2 aromatic carbocycles. The number of carbonyl (C=O) groups is 1. The topological polar surface area (TPSA) is 51.3 Å². The summed E-state index contributed by atoms with van der Waals surface area (Å²) in [5, 5.41) is 0. The number of carbonyl (C=O) groups excluding carboxylic acids is 1. The molecule has 3 aromatic rings. The number of rotatable bonds is 5. The number of methoxy groups -OCH3 is 1. The van der Waals surface area contributed by atoms with Gasteiger partial charge in [-0.2, -0.15) is 0 Å². The molecule has 0 radical (unpaired) electrons. The van der Waals surface area contributed by atoms with Gasteiger partial charge in [0.1, 0.15) is 5.75 Å². The maximum atomic E-state index is 12.4. The fourth-order valence-corrected chi connectivity index (χ4v) is 3.02. The first-order valence-electron chi connectivity index (χ1n) is 8.25. The van der Waals surface area contributed by atoms with Gasteiger partial charge < -0.3 is 14.5 Å². The van der Waals surface area contributed by atoms with Crippen molar-refractivity contribution in [2.45, 2.75) is 13.8 Å². The molecule has 1 N–H and O–H groups in total. The van der Waals surface area contributed by atoms with Crippen molar-refractivity contribution in [3.63, 3.8) is 0 Å². The Hall–Kier alpha value is -3.01. The minimum Gasteiger partial charge on any atom is -0.496 e. The van der Waals surface area contributed by atoms with E-state index in [1.165, 1.54) is 0 Å². The van der Waals surface area contributed by atoms with Crippen LogP contribution in [0, 0.1) is 6.92 Å². The molecular formula is C21H21NO3. The number of hydrogen-bond donors (Lipinski definition) is 1. The highest BCUT2D eigenvalue weighted by Gasteiger charge is 2.22. The van der Waals surface area contributed by atoms with Crippen LogP contribution in [0.4, 0.5) is 0 Å². The van der Waals surface area contributed by atoms with Crippen LogP contribution in [0.1, 0.15) is 22.8 Å². The predicted octanol–water partition coefficient (Wildman–Crippen LogP) is 4.84. The van der Waals surface area contributed by atoms with E-state index >= 15 is 0 Å². The van der Waals surface area contributed by atoms with Crippen LogP contribution in [0.5, 0.6) is 5.75 Å². The second kappa shape index (κ2) is 7.26. The number of hydrogen-bond acceptors (Lipinski definition) is 3. The van der Waals surface area contributed by atoms with E-state index < -0.39 is 0 Å². The predicted molar refractivity (Wildman–Crippen MR) is 98.9 cm³/mol. The summed E-state index contributed by atoms with van der Waals surface area (Å²) in [5.74, 6) is 0.480. The number of esters is 1. The average molecular weight is 335 g/mol. The van der Waals surface area contributed by atoms with Crippen LogP contribution < -0.4 is 4.74 Å². The highest BCUT2D eigenvalue weighted by Crippen LogP contribution is 2.38. The van der Waals surface area contributed by atoms with Crippen molar-refractivity contribution < 1.29 is 14.3 Å². The highest BCUT2D eigenvalue weighted by molar-refractivity contribution is 6.02. The zero-order valence-corrected chi connectivity index (χ0v) is 14.6. The second-order valence-electron chi connectivity index (χ2n) is 5.67. The molecule has 3 rings (SSSR count). The smallest absolute Gasteiger partial charge is 0.340 e. The van der Waals surface area contributed by atoms with E-state index in [-0.39, 0.29) is 5.97 Å². The third-order valence-electron chi connectivity index (χ3n) is 4.21. The Morgan fingerprint density at radius 2 is 1.84 bits per heavy atom. The van der Waals surface area contributed by atoms with Crippen LogP contribution in [0.15, 0.2) is 54.7 Å². The van der Waals surface area contributed by atoms with E-state index in [9.17, 15) is 4.79 Å². The molecule has 0 fully saturated rings. The van der Waals surface area contributed by atoms with Crippen LogP contribution in [0.3, 0.4) is 0 Å². The van der Waals surface area contributed by atoms with E-state index in [1.54, 1.807) is 20.2 Å². The van der Waals surface area contributed by atoms with E-state index in [0.29, 0.717) is 12.2 Å². The van der Waals surface area contributed by atoms with E-state index in [1.807, 2.05) is 55.5 Å². The fourth-order valence-electron chi connectivity index (χ4n) is 3.02. The van der Waals surface area contributed by atoms with Gasteiger partial charge in [-0.1, -0.05) is 42.5 Å². The average Bonchev–Trinajstić information content (AvgIpc) is 3.08. The summed E-state index contributed by atoms with van der Waals surface area (Å²) < 4.78 is 10.7. The Kier molecular flexibility index (Phi) is 4.89. The van der Waals surface area contributed by atoms with Gasteiger partial charge in [-0.25, -0.2) is 4.79 Å². The van der Waals surface area contributed by atoms with Crippen molar-refractivity contribution in [1.82, 2.24) is 4.98 Å². The number of H-pyrrole nitrogens is 1. The quantitative estimate of drug-likeness (QED) is 0.679. The van der Waals surface area contributed by atoms with Gasteiger partial charge in [-0.05, 0) is 25.5 Å². The summed E-state index contributed by atoms with van der Waals surface area (Å²) in [6.45, 7) is 4.15. The maximum Gasteiger partial charge on any atom is 0.340 e. The largest absolute Gasteiger partial charge is 0.496 e. The molecule has 0 atom stereocenters. The lowest BCUT2D eigenvalue weighted by atomic mass is 9.95. The molecule has 0 unspecified atom stereocenters. The Labute approximate surface area is 147 Å². The summed E-state index contributed by atoms with van der Waals surface area (Å²) >= 11 is 0. The Bertz CT molecular complexity index is 881. The number of aromatic amines is 1. The standard InChI is InChI=1S/C21H21NO3/c1-4-25-21(23)17-13-22-20(19(17)15-9-6-5-7-10-15)16-11-8-12-18(24-3)14(16)2/h5-13,22H,4H2,1-3H3. The molecule has 128 valence electrons. The van der Waals surface area contributed by atoms with Crippen molar-refractivity contribution in [2.24, 2.45) is 0 Å². The number of nitrogens with one attached hydrogen (secondary N) is 1. The van der Waals surface area contributed by atoms with Crippen LogP contribution in [-0.4, -0.2) is 24.7 Å². The van der Waals surface area contributed by atoms with E-state index in [0.717, 1.165) is 33.7 Å². The van der Waals surface area contributed by atoms with Gasteiger partial charge in [0.2, 0.25) is 0 Å². The lowest BCUT2D eigenvalue weighted by Gasteiger charge is -2.12. The summed E-state index contributed by atoms with van der Waals surface area (Å²) in [6.07, 6.45) is 1.72. The minimum absolute atomic E-state index is 0.329. The monoisotopic (exact) mass is 335 g/mol. The lowest BCUT2D eigenvalue weighted by Crippen LogP contribution is -2.05. The van der Waals surface area contributed by atoms with Gasteiger partial charge in [0.25, 0.3) is 0 Å². The van der Waals surface area contributed by atoms with Gasteiger partial charge in [-0.3, -0.25) is 0 Å². The first kappa shape index (κ1) is 16.8. The molecule has 4 heteroatoms. The van der Waals surface area contributed by atoms with Crippen LogP contribution >= 0.6 is 0 Å². The van der Waals surface area contributed by atoms with Gasteiger partial charge in [0.15, 0.2) is 0 Å². The van der Waals surface area contributed by atoms with Crippen molar-refractivity contribution in [3.8, 4) is 28.1 Å². The highest BCUT2D eigenvalue weighted by atomic mass is 16.5. The summed E-state index contributed by atoms with van der Waals surface area (Å²) in [5.41, 5.74) is 5.23. The molecular weight excluding hydrogens is 314 g/mol. The van der Waals surface area contributed by atoms with Crippen LogP contribution in [0.25, 0.3) is 22.4 Å². The van der Waals surface area contributed by atoms with Crippen LogP contribution in [-0.2, 0) is 4.74 Å². The molecule has 25 heavy (non-hydrogen) atoms. The second-order valence-corrected chi connectivity index (χ2v) is 5.67. The first-order chi connectivity index (χ1) is 12.2. The minimum atomic E-state index is -0.329. The van der Waals surface area contributed by atoms with Crippen molar-refractivity contribution in [1.29, 1.82) is 0 Å². The van der Waals surface area contributed by atoms with Gasteiger partial charge >= 0.3 is 5.97 Å². The molecule has 0 amide bonds. The third kappa shape index (κ3) is 3.15. The summed E-state index contributed by atoms with van der Waals surface area (Å²) in [6, 6.07) is 15.7. The molecule has 0 aliphatic carbocycles. The van der Waals surface area contributed by atoms with Gasteiger partial charge in [0, 0.05) is 22.9 Å². The Morgan fingerprint density at radius 1 is 1.08 bits per heavy atom. The zero-order valence-electron chi connectivity index (χ0n) is 14.6. The molecule has 0 aliphatic heterocycles. The lowest BCUT2D eigenvalue weighted by molar-refractivity contribution is 0.0527. The van der Waals surface area contributed by atoms with Crippen LogP contribution in [0.2, 0.25) is 0 Å². The maximum absolute atomic E-state index is 12.4. The molecule has 0 aliphatic rings. The number of aromatic nitrogens is 1. The van der Waals surface area contributed by atoms with Crippen molar-refractivity contribution >= 4 is 5.97 Å². The fraction of sp³-hybridized carbons (Fsp3) is 0.190. The van der Waals surface area contributed by atoms with Crippen molar-refractivity contribution in [3.05, 3.63) is 65.9 Å². The Morgan fingerprint density at radius 3 is 2.52 bits per heavy atom. The normalized spacial score (nSPS) is 10.5. The number of ether oxygens (including phenoxy) is 2. The molecule has 1 heterocycles. The molecule has 0 saturated heterocycles. The van der Waals surface area contributed by atoms with Gasteiger partial charge in [-0.15, -0.1) is 0 Å². The third-order valence-corrected chi connectivity index (χ3v) is 4.21. The molecule has 0 bridgehead atoms. The molecule has 0 spiro atoms. The number of benzene rings is 2. The SMILES string of the molecule is CCOC(=O)c1c[nH]c(-c2cccc(OC)c2C)c1-c1ccccc1. The van der Waals surface area contributed by atoms with E-state index in [2.05, 4.69) is 4.98 Å². The molecule has 1 aromatic heterocycles.